The minimum Gasteiger partial charge on any atom is -0.351 e. The number of aromatic nitrogens is 1. The van der Waals surface area contributed by atoms with Crippen LogP contribution in [0.15, 0.2) is 36.4 Å². The van der Waals surface area contributed by atoms with Crippen molar-refractivity contribution in [2.45, 2.75) is 27.2 Å². The van der Waals surface area contributed by atoms with Crippen LogP contribution in [0.2, 0.25) is 0 Å². The number of rotatable bonds is 5. The molecule has 0 spiro atoms. The number of carbonyl (C=O) groups excluding carboxylic acids is 2. The monoisotopic (exact) mass is 311 g/mol. The lowest BCUT2D eigenvalue weighted by Crippen LogP contribution is -2.26. The van der Waals surface area contributed by atoms with Crippen LogP contribution >= 0.6 is 0 Å². The molecular formula is C18H21N3O2. The molecule has 120 valence electrons. The zero-order chi connectivity index (χ0) is 16.8. The van der Waals surface area contributed by atoms with Crippen LogP contribution < -0.4 is 10.6 Å². The summed E-state index contributed by atoms with van der Waals surface area (Å²) in [6.07, 6.45) is 0.846. The maximum absolute atomic E-state index is 12.3. The van der Waals surface area contributed by atoms with Gasteiger partial charge in [0.05, 0.1) is 0 Å². The summed E-state index contributed by atoms with van der Waals surface area (Å²) >= 11 is 0. The summed E-state index contributed by atoms with van der Waals surface area (Å²) < 4.78 is 0. The highest BCUT2D eigenvalue weighted by atomic mass is 16.2. The molecule has 0 saturated heterocycles. The molecule has 0 fully saturated rings. The maximum atomic E-state index is 12.3. The van der Waals surface area contributed by atoms with Crippen LogP contribution in [0.5, 0.6) is 0 Å². The van der Waals surface area contributed by atoms with Gasteiger partial charge in [0.2, 0.25) is 0 Å². The van der Waals surface area contributed by atoms with E-state index < -0.39 is 0 Å². The standard InChI is InChI=1S/C18H21N3O2/c1-4-8-19-17(22)15-6-5-7-16(21-15)18(23)20-14-10-12(2)9-13(3)11-14/h5-7,9-11H,4,8H2,1-3H3,(H,19,22)(H,20,23). The number of hydrogen-bond donors (Lipinski definition) is 2. The lowest BCUT2D eigenvalue weighted by molar-refractivity contribution is 0.0948. The molecule has 23 heavy (non-hydrogen) atoms. The van der Waals surface area contributed by atoms with Crippen molar-refractivity contribution in [3.63, 3.8) is 0 Å². The fourth-order valence-corrected chi connectivity index (χ4v) is 2.26. The van der Waals surface area contributed by atoms with E-state index in [9.17, 15) is 9.59 Å². The molecular weight excluding hydrogens is 290 g/mol. The van der Waals surface area contributed by atoms with E-state index in [1.807, 2.05) is 39.0 Å². The van der Waals surface area contributed by atoms with Gasteiger partial charge in [-0.05, 0) is 55.7 Å². The molecule has 0 aliphatic heterocycles. The van der Waals surface area contributed by atoms with Gasteiger partial charge in [0.25, 0.3) is 11.8 Å². The molecule has 0 saturated carbocycles. The molecule has 5 nitrogen and oxygen atoms in total. The molecule has 0 atom stereocenters. The molecule has 0 unspecified atom stereocenters. The first kappa shape index (κ1) is 16.7. The summed E-state index contributed by atoms with van der Waals surface area (Å²) in [7, 11) is 0. The van der Waals surface area contributed by atoms with Gasteiger partial charge in [-0.2, -0.15) is 0 Å². The van der Waals surface area contributed by atoms with Gasteiger partial charge < -0.3 is 10.6 Å². The number of amides is 2. The third kappa shape index (κ3) is 4.64. The Morgan fingerprint density at radius 3 is 2.22 bits per heavy atom. The number of benzene rings is 1. The Morgan fingerprint density at radius 2 is 1.61 bits per heavy atom. The third-order valence-corrected chi connectivity index (χ3v) is 3.23. The van der Waals surface area contributed by atoms with Crippen molar-refractivity contribution in [2.24, 2.45) is 0 Å². The van der Waals surface area contributed by atoms with E-state index in [-0.39, 0.29) is 23.2 Å². The van der Waals surface area contributed by atoms with Gasteiger partial charge in [0.1, 0.15) is 11.4 Å². The Morgan fingerprint density at radius 1 is 1.00 bits per heavy atom. The number of hydrogen-bond acceptors (Lipinski definition) is 3. The van der Waals surface area contributed by atoms with E-state index >= 15 is 0 Å². The minimum atomic E-state index is -0.333. The predicted molar refractivity (Wildman–Crippen MR) is 90.7 cm³/mol. The lowest BCUT2D eigenvalue weighted by atomic mass is 10.1. The normalized spacial score (nSPS) is 10.2. The first-order valence-electron chi connectivity index (χ1n) is 7.64. The van der Waals surface area contributed by atoms with Crippen LogP contribution in [-0.4, -0.2) is 23.3 Å². The Balaban J connectivity index is 2.14. The molecule has 0 aliphatic carbocycles. The van der Waals surface area contributed by atoms with Crippen molar-refractivity contribution >= 4 is 17.5 Å². The second-order valence-corrected chi connectivity index (χ2v) is 5.49. The molecule has 0 aliphatic rings. The number of aryl methyl sites for hydroxylation is 2. The second kappa shape index (κ2) is 7.54. The molecule has 2 aromatic rings. The van der Waals surface area contributed by atoms with Crippen molar-refractivity contribution in [1.29, 1.82) is 0 Å². The number of nitrogens with one attached hydrogen (secondary N) is 2. The lowest BCUT2D eigenvalue weighted by Gasteiger charge is -2.08. The third-order valence-electron chi connectivity index (χ3n) is 3.23. The smallest absolute Gasteiger partial charge is 0.274 e. The predicted octanol–water partition coefficient (Wildman–Crippen LogP) is 3.09. The minimum absolute atomic E-state index is 0.216. The number of anilines is 1. The van der Waals surface area contributed by atoms with Crippen LogP contribution in [0, 0.1) is 13.8 Å². The average Bonchev–Trinajstić information content (AvgIpc) is 2.51. The summed E-state index contributed by atoms with van der Waals surface area (Å²) in [5.41, 5.74) is 3.32. The van der Waals surface area contributed by atoms with Crippen molar-refractivity contribution in [3.05, 3.63) is 58.9 Å². The fraction of sp³-hybridized carbons (Fsp3) is 0.278. The Bertz CT molecular complexity index is 706. The molecule has 5 heteroatoms. The van der Waals surface area contributed by atoms with E-state index in [4.69, 9.17) is 0 Å². The van der Waals surface area contributed by atoms with Crippen molar-refractivity contribution in [3.8, 4) is 0 Å². The maximum Gasteiger partial charge on any atom is 0.274 e. The number of pyridine rings is 1. The van der Waals surface area contributed by atoms with Gasteiger partial charge in [-0.15, -0.1) is 0 Å². The first-order valence-corrected chi connectivity index (χ1v) is 7.64. The van der Waals surface area contributed by atoms with Crippen molar-refractivity contribution in [2.75, 3.05) is 11.9 Å². The largest absolute Gasteiger partial charge is 0.351 e. The van der Waals surface area contributed by atoms with Gasteiger partial charge in [0, 0.05) is 12.2 Å². The highest BCUT2D eigenvalue weighted by molar-refractivity contribution is 6.03. The summed E-state index contributed by atoms with van der Waals surface area (Å²) in [5, 5.41) is 5.56. The first-order chi connectivity index (χ1) is 11.0. The zero-order valence-corrected chi connectivity index (χ0v) is 13.6. The summed E-state index contributed by atoms with van der Waals surface area (Å²) in [6.45, 7) is 6.50. The van der Waals surface area contributed by atoms with Gasteiger partial charge in [-0.1, -0.05) is 19.1 Å². The van der Waals surface area contributed by atoms with E-state index in [1.165, 1.54) is 0 Å². The second-order valence-electron chi connectivity index (χ2n) is 5.49. The average molecular weight is 311 g/mol. The highest BCUT2D eigenvalue weighted by Crippen LogP contribution is 2.14. The van der Waals surface area contributed by atoms with Gasteiger partial charge in [-0.3, -0.25) is 9.59 Å². The molecule has 1 aromatic heterocycles. The van der Waals surface area contributed by atoms with Gasteiger partial charge >= 0.3 is 0 Å². The molecule has 0 bridgehead atoms. The molecule has 1 aromatic carbocycles. The highest BCUT2D eigenvalue weighted by Gasteiger charge is 2.12. The summed E-state index contributed by atoms with van der Waals surface area (Å²) in [5.74, 6) is -0.604. The quantitative estimate of drug-likeness (QED) is 0.891. The van der Waals surface area contributed by atoms with Crippen LogP contribution in [0.3, 0.4) is 0 Å². The van der Waals surface area contributed by atoms with Crippen LogP contribution in [0.4, 0.5) is 5.69 Å². The molecule has 0 radical (unpaired) electrons. The number of nitrogens with zero attached hydrogens (tertiary/aromatic N) is 1. The topological polar surface area (TPSA) is 71.1 Å². The summed E-state index contributed by atoms with van der Waals surface area (Å²) in [4.78, 5) is 28.4. The molecule has 2 N–H and O–H groups in total. The molecule has 2 rings (SSSR count). The Kier molecular flexibility index (Phi) is 5.46. The Labute approximate surface area is 136 Å². The van der Waals surface area contributed by atoms with Gasteiger partial charge in [0.15, 0.2) is 0 Å². The fourth-order valence-electron chi connectivity index (χ4n) is 2.26. The molecule has 2 amide bonds. The van der Waals surface area contributed by atoms with Crippen molar-refractivity contribution in [1.82, 2.24) is 10.3 Å². The van der Waals surface area contributed by atoms with Crippen LogP contribution in [0.25, 0.3) is 0 Å². The van der Waals surface area contributed by atoms with E-state index in [0.29, 0.717) is 6.54 Å². The number of carbonyl (C=O) groups is 2. The van der Waals surface area contributed by atoms with Gasteiger partial charge in [-0.25, -0.2) is 4.98 Å². The van der Waals surface area contributed by atoms with Crippen LogP contribution in [-0.2, 0) is 0 Å². The van der Waals surface area contributed by atoms with Crippen molar-refractivity contribution < 1.29 is 9.59 Å². The van der Waals surface area contributed by atoms with E-state index in [2.05, 4.69) is 15.6 Å². The molecule has 1 heterocycles. The van der Waals surface area contributed by atoms with Crippen LogP contribution in [0.1, 0.15) is 45.4 Å². The van der Waals surface area contributed by atoms with E-state index in [0.717, 1.165) is 23.2 Å². The Hall–Kier alpha value is -2.69. The SMILES string of the molecule is CCCNC(=O)c1cccc(C(=O)Nc2cc(C)cc(C)c2)n1. The van der Waals surface area contributed by atoms with E-state index in [1.54, 1.807) is 18.2 Å². The summed E-state index contributed by atoms with van der Waals surface area (Å²) in [6, 6.07) is 10.7. The zero-order valence-electron chi connectivity index (χ0n) is 13.6.